The summed E-state index contributed by atoms with van der Waals surface area (Å²) < 4.78 is 0. The minimum atomic E-state index is -0.885. The Labute approximate surface area is 151 Å². The van der Waals surface area contributed by atoms with Gasteiger partial charge in [-0.05, 0) is 37.3 Å². The molecule has 0 bridgehead atoms. The van der Waals surface area contributed by atoms with Crippen LogP contribution in [-0.2, 0) is 9.59 Å². The van der Waals surface area contributed by atoms with Gasteiger partial charge in [-0.25, -0.2) is 4.79 Å². The molecule has 1 saturated carbocycles. The number of imide groups is 1. The van der Waals surface area contributed by atoms with E-state index in [1.54, 1.807) is 6.20 Å². The molecule has 2 N–H and O–H groups in total. The van der Waals surface area contributed by atoms with Gasteiger partial charge >= 0.3 is 6.03 Å². The summed E-state index contributed by atoms with van der Waals surface area (Å²) in [5, 5.41) is 5.11. The fourth-order valence-electron chi connectivity index (χ4n) is 3.97. The van der Waals surface area contributed by atoms with Crippen molar-refractivity contribution in [1.29, 1.82) is 0 Å². The second-order valence-electron chi connectivity index (χ2n) is 7.23. The summed E-state index contributed by atoms with van der Waals surface area (Å²) in [4.78, 5) is 44.6. The van der Waals surface area contributed by atoms with Crippen molar-refractivity contribution in [1.82, 2.24) is 20.5 Å². The molecule has 2 saturated heterocycles. The number of nitrogens with zero attached hydrogens (tertiary/aromatic N) is 3. The zero-order valence-electron chi connectivity index (χ0n) is 14.6. The summed E-state index contributed by atoms with van der Waals surface area (Å²) in [7, 11) is 0. The fraction of sp³-hybridized carbons (Fsp3) is 0.556. The predicted octanol–water partition coefficient (Wildman–Crippen LogP) is 0.499. The molecule has 0 radical (unpaired) electrons. The van der Waals surface area contributed by atoms with E-state index in [2.05, 4.69) is 20.5 Å². The van der Waals surface area contributed by atoms with Crippen LogP contribution in [0.3, 0.4) is 0 Å². The van der Waals surface area contributed by atoms with Crippen LogP contribution in [-0.4, -0.2) is 59.4 Å². The van der Waals surface area contributed by atoms with Crippen LogP contribution in [0.1, 0.15) is 25.7 Å². The van der Waals surface area contributed by atoms with Crippen LogP contribution in [0.15, 0.2) is 24.5 Å². The molecule has 8 heteroatoms. The lowest BCUT2D eigenvalue weighted by atomic mass is 9.87. The monoisotopic (exact) mass is 357 g/mol. The van der Waals surface area contributed by atoms with Gasteiger partial charge in [0.15, 0.2) is 0 Å². The number of rotatable bonds is 5. The van der Waals surface area contributed by atoms with Gasteiger partial charge in [-0.2, -0.15) is 0 Å². The Morgan fingerprint density at radius 3 is 2.58 bits per heavy atom. The van der Waals surface area contributed by atoms with Crippen LogP contribution < -0.4 is 15.5 Å². The number of carbonyl (C=O) groups excluding carboxylic acids is 3. The summed E-state index contributed by atoms with van der Waals surface area (Å²) in [6, 6.07) is 3.48. The lowest BCUT2D eigenvalue weighted by Gasteiger charge is -2.36. The van der Waals surface area contributed by atoms with E-state index in [9.17, 15) is 14.4 Å². The Bertz CT molecular complexity index is 713. The number of carbonyl (C=O) groups is 3. The standard InChI is InChI=1S/C18H23N5O3/c24-15(5-6-18(13-3-4-13)16(25)20-17(26)21-18)23-10-8-22(9-11-23)14-2-1-7-19-12-14/h1-2,7,12-13H,3-6,8-11H2,(H2,20,21,25,26). The van der Waals surface area contributed by atoms with Crippen molar-refractivity contribution in [2.45, 2.75) is 31.2 Å². The normalized spacial score (nSPS) is 25.8. The van der Waals surface area contributed by atoms with E-state index >= 15 is 0 Å². The van der Waals surface area contributed by atoms with E-state index in [0.29, 0.717) is 19.5 Å². The molecule has 8 nitrogen and oxygen atoms in total. The molecular weight excluding hydrogens is 334 g/mol. The maximum Gasteiger partial charge on any atom is 0.322 e. The highest BCUT2D eigenvalue weighted by atomic mass is 16.2. The summed E-state index contributed by atoms with van der Waals surface area (Å²) in [5.74, 6) is -0.0758. The van der Waals surface area contributed by atoms with Gasteiger partial charge in [-0.15, -0.1) is 0 Å². The van der Waals surface area contributed by atoms with Gasteiger partial charge in [-0.3, -0.25) is 19.9 Å². The van der Waals surface area contributed by atoms with Gasteiger partial charge in [0, 0.05) is 38.8 Å². The lowest BCUT2D eigenvalue weighted by Crippen LogP contribution is -2.51. The number of hydrogen-bond acceptors (Lipinski definition) is 5. The van der Waals surface area contributed by atoms with Crippen molar-refractivity contribution in [3.05, 3.63) is 24.5 Å². The summed E-state index contributed by atoms with van der Waals surface area (Å²) in [6.45, 7) is 2.84. The molecule has 4 rings (SSSR count). The predicted molar refractivity (Wildman–Crippen MR) is 94.4 cm³/mol. The van der Waals surface area contributed by atoms with E-state index in [1.807, 2.05) is 23.2 Å². The number of piperazine rings is 1. The molecular formula is C18H23N5O3. The van der Waals surface area contributed by atoms with Crippen molar-refractivity contribution in [2.75, 3.05) is 31.1 Å². The SMILES string of the molecule is O=C1NC(=O)C(CCC(=O)N2CCN(c3cccnc3)CC2)(C2CC2)N1. The number of anilines is 1. The first-order valence-corrected chi connectivity index (χ1v) is 9.15. The third-order valence-corrected chi connectivity index (χ3v) is 5.62. The van der Waals surface area contributed by atoms with Crippen LogP contribution in [0.5, 0.6) is 0 Å². The highest BCUT2D eigenvalue weighted by Crippen LogP contribution is 2.43. The Hall–Kier alpha value is -2.64. The average Bonchev–Trinajstić information content (AvgIpc) is 3.47. The average molecular weight is 357 g/mol. The minimum absolute atomic E-state index is 0.0461. The number of amides is 4. The summed E-state index contributed by atoms with van der Waals surface area (Å²) in [6.07, 6.45) is 6.07. The molecule has 3 heterocycles. The summed E-state index contributed by atoms with van der Waals surface area (Å²) in [5.41, 5.74) is 0.183. The summed E-state index contributed by atoms with van der Waals surface area (Å²) >= 11 is 0. The van der Waals surface area contributed by atoms with Crippen molar-refractivity contribution in [3.8, 4) is 0 Å². The smallest absolute Gasteiger partial charge is 0.322 e. The second kappa shape index (κ2) is 6.59. The van der Waals surface area contributed by atoms with E-state index in [-0.39, 0.29) is 24.2 Å². The van der Waals surface area contributed by atoms with Gasteiger partial charge in [0.05, 0.1) is 11.9 Å². The molecule has 26 heavy (non-hydrogen) atoms. The van der Waals surface area contributed by atoms with Crippen LogP contribution in [0.4, 0.5) is 10.5 Å². The number of aromatic nitrogens is 1. The Morgan fingerprint density at radius 2 is 2.00 bits per heavy atom. The molecule has 1 atom stereocenters. The van der Waals surface area contributed by atoms with Crippen LogP contribution >= 0.6 is 0 Å². The minimum Gasteiger partial charge on any atom is -0.367 e. The zero-order chi connectivity index (χ0) is 18.1. The molecule has 2 aliphatic heterocycles. The highest BCUT2D eigenvalue weighted by molar-refractivity contribution is 6.07. The topological polar surface area (TPSA) is 94.6 Å². The van der Waals surface area contributed by atoms with Crippen molar-refractivity contribution < 1.29 is 14.4 Å². The molecule has 1 aliphatic carbocycles. The first-order chi connectivity index (χ1) is 12.6. The molecule has 3 aliphatic rings. The van der Waals surface area contributed by atoms with Crippen molar-refractivity contribution >= 4 is 23.5 Å². The Balaban J connectivity index is 1.32. The first kappa shape index (κ1) is 16.8. The quantitative estimate of drug-likeness (QED) is 0.749. The maximum atomic E-state index is 12.6. The fourth-order valence-corrected chi connectivity index (χ4v) is 3.97. The number of pyridine rings is 1. The lowest BCUT2D eigenvalue weighted by molar-refractivity contribution is -0.132. The molecule has 3 fully saturated rings. The molecule has 4 amide bonds. The van der Waals surface area contributed by atoms with E-state index in [4.69, 9.17) is 0 Å². The molecule has 138 valence electrons. The third-order valence-electron chi connectivity index (χ3n) is 5.62. The van der Waals surface area contributed by atoms with E-state index in [1.165, 1.54) is 0 Å². The molecule has 0 spiro atoms. The largest absolute Gasteiger partial charge is 0.367 e. The third kappa shape index (κ3) is 3.11. The van der Waals surface area contributed by atoms with E-state index < -0.39 is 11.6 Å². The number of hydrogen-bond donors (Lipinski definition) is 2. The maximum absolute atomic E-state index is 12.6. The number of urea groups is 1. The molecule has 1 aromatic rings. The van der Waals surface area contributed by atoms with E-state index in [0.717, 1.165) is 31.6 Å². The molecule has 0 aromatic carbocycles. The number of nitrogens with one attached hydrogen (secondary N) is 2. The van der Waals surface area contributed by atoms with Crippen LogP contribution in [0, 0.1) is 5.92 Å². The Kier molecular flexibility index (Phi) is 4.26. The van der Waals surface area contributed by atoms with Crippen LogP contribution in [0.25, 0.3) is 0 Å². The van der Waals surface area contributed by atoms with Crippen molar-refractivity contribution in [2.24, 2.45) is 5.92 Å². The van der Waals surface area contributed by atoms with Gasteiger partial charge in [0.2, 0.25) is 5.91 Å². The van der Waals surface area contributed by atoms with Gasteiger partial charge in [0.25, 0.3) is 5.91 Å². The zero-order valence-corrected chi connectivity index (χ0v) is 14.6. The first-order valence-electron chi connectivity index (χ1n) is 9.15. The van der Waals surface area contributed by atoms with Crippen molar-refractivity contribution in [3.63, 3.8) is 0 Å². The van der Waals surface area contributed by atoms with Gasteiger partial charge in [0.1, 0.15) is 5.54 Å². The molecule has 1 unspecified atom stereocenters. The second-order valence-corrected chi connectivity index (χ2v) is 7.23. The van der Waals surface area contributed by atoms with Gasteiger partial charge < -0.3 is 15.1 Å². The highest BCUT2D eigenvalue weighted by Gasteiger charge is 2.55. The van der Waals surface area contributed by atoms with Crippen LogP contribution in [0.2, 0.25) is 0 Å². The molecule has 1 aromatic heterocycles. The Morgan fingerprint density at radius 1 is 1.23 bits per heavy atom. The van der Waals surface area contributed by atoms with Gasteiger partial charge in [-0.1, -0.05) is 0 Å².